The average Bonchev–Trinajstić information content (AvgIpc) is 3.09. The van der Waals surface area contributed by atoms with Gasteiger partial charge >= 0.3 is 6.09 Å². The lowest BCUT2D eigenvalue weighted by Gasteiger charge is -2.33. The van der Waals surface area contributed by atoms with Crippen LogP contribution in [0.15, 0.2) is 18.3 Å². The summed E-state index contributed by atoms with van der Waals surface area (Å²) < 4.78 is 7.56. The van der Waals surface area contributed by atoms with Gasteiger partial charge in [0.1, 0.15) is 5.60 Å². The van der Waals surface area contributed by atoms with Crippen LogP contribution >= 0.6 is 0 Å². The minimum atomic E-state index is -0.459. The summed E-state index contributed by atoms with van der Waals surface area (Å²) in [4.78, 5) is 16.5. The number of anilines is 2. The number of ether oxygens (including phenoxy) is 1. The fraction of sp³-hybridized carbons (Fsp3) is 0.636. The number of nitrogens with zero attached hydrogens (tertiary/aromatic N) is 4. The molecule has 1 amide bonds. The number of carbonyl (C=O) groups is 1. The van der Waals surface area contributed by atoms with Gasteiger partial charge in [-0.2, -0.15) is 5.10 Å². The highest BCUT2D eigenvalue weighted by Gasteiger charge is 2.28. The van der Waals surface area contributed by atoms with E-state index in [0.29, 0.717) is 19.1 Å². The van der Waals surface area contributed by atoms with Gasteiger partial charge < -0.3 is 20.3 Å². The quantitative estimate of drug-likeness (QED) is 0.767. The Bertz CT molecular complexity index is 871. The average molecular weight is 400 g/mol. The van der Waals surface area contributed by atoms with Crippen molar-refractivity contribution in [1.29, 1.82) is 0 Å². The lowest BCUT2D eigenvalue weighted by Crippen LogP contribution is -2.42. The zero-order chi connectivity index (χ0) is 20.6. The summed E-state index contributed by atoms with van der Waals surface area (Å²) in [6.07, 6.45) is 7.38. The van der Waals surface area contributed by atoms with E-state index in [1.165, 1.54) is 19.3 Å². The van der Waals surface area contributed by atoms with Crippen molar-refractivity contribution in [2.75, 3.05) is 36.8 Å². The third-order valence-electron chi connectivity index (χ3n) is 5.86. The molecule has 29 heavy (non-hydrogen) atoms. The molecule has 2 fully saturated rings. The van der Waals surface area contributed by atoms with Crippen LogP contribution < -0.4 is 10.6 Å². The minimum absolute atomic E-state index is 0.222. The van der Waals surface area contributed by atoms with Gasteiger partial charge in [0.25, 0.3) is 0 Å². The molecule has 0 atom stereocenters. The first-order valence-corrected chi connectivity index (χ1v) is 10.8. The molecule has 0 aliphatic carbocycles. The Morgan fingerprint density at radius 1 is 1.10 bits per heavy atom. The Kier molecular flexibility index (Phi) is 5.32. The third kappa shape index (κ3) is 4.43. The number of hydrogen-bond donors (Lipinski definition) is 1. The predicted octanol–water partition coefficient (Wildman–Crippen LogP) is 4.18. The highest BCUT2D eigenvalue weighted by Crippen LogP contribution is 2.32. The van der Waals surface area contributed by atoms with Gasteiger partial charge in [-0.3, -0.25) is 4.68 Å². The number of rotatable bonds is 2. The van der Waals surface area contributed by atoms with E-state index in [1.807, 2.05) is 20.8 Å². The number of piperidine rings is 2. The predicted molar refractivity (Wildman–Crippen MR) is 116 cm³/mol. The number of nitrogen functional groups attached to an aromatic ring is 1. The zero-order valence-corrected chi connectivity index (χ0v) is 17.9. The van der Waals surface area contributed by atoms with Gasteiger partial charge in [-0.25, -0.2) is 4.79 Å². The Morgan fingerprint density at radius 3 is 2.45 bits per heavy atom. The number of nitrogens with two attached hydrogens (primary N) is 1. The molecular weight excluding hydrogens is 366 g/mol. The summed E-state index contributed by atoms with van der Waals surface area (Å²) >= 11 is 0. The van der Waals surface area contributed by atoms with Crippen molar-refractivity contribution in [1.82, 2.24) is 14.7 Å². The van der Waals surface area contributed by atoms with E-state index in [4.69, 9.17) is 15.6 Å². The third-order valence-corrected chi connectivity index (χ3v) is 5.86. The molecular formula is C22H33N5O2. The summed E-state index contributed by atoms with van der Waals surface area (Å²) in [5.41, 5.74) is 8.85. The Morgan fingerprint density at radius 2 is 1.79 bits per heavy atom. The largest absolute Gasteiger partial charge is 0.444 e. The van der Waals surface area contributed by atoms with Crippen molar-refractivity contribution >= 4 is 28.4 Å². The Labute approximate surface area is 172 Å². The molecule has 0 bridgehead atoms. The molecule has 1 aromatic heterocycles. The summed E-state index contributed by atoms with van der Waals surface area (Å²) in [6, 6.07) is 4.49. The molecule has 2 aliphatic rings. The van der Waals surface area contributed by atoms with Crippen molar-refractivity contribution in [2.45, 2.75) is 64.5 Å². The smallest absolute Gasteiger partial charge is 0.410 e. The first-order valence-electron chi connectivity index (χ1n) is 10.8. The first kappa shape index (κ1) is 19.9. The summed E-state index contributed by atoms with van der Waals surface area (Å²) in [6.45, 7) is 9.22. The molecule has 0 unspecified atom stereocenters. The van der Waals surface area contributed by atoms with Crippen molar-refractivity contribution < 1.29 is 9.53 Å². The van der Waals surface area contributed by atoms with Gasteiger partial charge in [-0.05, 0) is 65.0 Å². The monoisotopic (exact) mass is 399 g/mol. The SMILES string of the molecule is CC(C)(C)OC(=O)N1CCC(n2cc3cc(N)c(N4CCCCC4)cc3n2)CC1. The molecule has 158 valence electrons. The molecule has 2 saturated heterocycles. The number of amides is 1. The first-order chi connectivity index (χ1) is 13.8. The maximum Gasteiger partial charge on any atom is 0.410 e. The highest BCUT2D eigenvalue weighted by molar-refractivity contribution is 5.89. The van der Waals surface area contributed by atoms with Crippen molar-refractivity contribution in [3.05, 3.63) is 18.3 Å². The molecule has 4 rings (SSSR count). The lowest BCUT2D eigenvalue weighted by atomic mass is 10.1. The molecule has 0 saturated carbocycles. The van der Waals surface area contributed by atoms with Crippen LogP contribution in [0.5, 0.6) is 0 Å². The molecule has 1 aromatic carbocycles. The number of hydrogen-bond acceptors (Lipinski definition) is 5. The lowest BCUT2D eigenvalue weighted by molar-refractivity contribution is 0.0185. The number of aromatic nitrogens is 2. The maximum absolute atomic E-state index is 12.3. The van der Waals surface area contributed by atoms with Crippen LogP contribution in [0.1, 0.15) is 58.9 Å². The Balaban J connectivity index is 1.46. The standard InChI is InChI=1S/C22H33N5O2/c1-22(2,3)29-21(28)26-11-7-17(8-12-26)27-15-16-13-18(23)20(14-19(16)24-27)25-9-5-4-6-10-25/h13-15,17H,4-12,23H2,1-3H3. The minimum Gasteiger partial charge on any atom is -0.444 e. The number of benzene rings is 1. The van der Waals surface area contributed by atoms with E-state index in [2.05, 4.69) is 27.9 Å². The van der Waals surface area contributed by atoms with E-state index in [0.717, 1.165) is 48.2 Å². The maximum atomic E-state index is 12.3. The number of carbonyl (C=O) groups excluding carboxylic acids is 1. The van der Waals surface area contributed by atoms with Gasteiger partial charge in [0, 0.05) is 37.8 Å². The molecule has 2 aromatic rings. The van der Waals surface area contributed by atoms with Crippen LogP contribution in [0, 0.1) is 0 Å². The molecule has 7 heteroatoms. The van der Waals surface area contributed by atoms with E-state index >= 15 is 0 Å². The van der Waals surface area contributed by atoms with Crippen LogP contribution in [0.2, 0.25) is 0 Å². The van der Waals surface area contributed by atoms with Crippen LogP contribution in [0.3, 0.4) is 0 Å². The van der Waals surface area contributed by atoms with Gasteiger partial charge in [0.05, 0.1) is 22.9 Å². The molecule has 2 N–H and O–H groups in total. The van der Waals surface area contributed by atoms with Gasteiger partial charge in [0.2, 0.25) is 0 Å². The van der Waals surface area contributed by atoms with E-state index in [-0.39, 0.29) is 6.09 Å². The van der Waals surface area contributed by atoms with Crippen LogP contribution in [0.25, 0.3) is 10.9 Å². The second kappa shape index (κ2) is 7.76. The topological polar surface area (TPSA) is 76.6 Å². The summed E-state index contributed by atoms with van der Waals surface area (Å²) in [7, 11) is 0. The molecule has 2 aliphatic heterocycles. The fourth-order valence-corrected chi connectivity index (χ4v) is 4.33. The number of fused-ring (bicyclic) bond motifs is 1. The summed E-state index contributed by atoms with van der Waals surface area (Å²) in [5, 5.41) is 5.94. The van der Waals surface area contributed by atoms with Crippen LogP contribution in [-0.2, 0) is 4.74 Å². The second-order valence-corrected chi connectivity index (χ2v) is 9.33. The van der Waals surface area contributed by atoms with E-state index in [1.54, 1.807) is 4.90 Å². The molecule has 3 heterocycles. The fourth-order valence-electron chi connectivity index (χ4n) is 4.33. The van der Waals surface area contributed by atoms with Crippen molar-refractivity contribution in [3.63, 3.8) is 0 Å². The molecule has 7 nitrogen and oxygen atoms in total. The van der Waals surface area contributed by atoms with E-state index < -0.39 is 5.60 Å². The van der Waals surface area contributed by atoms with Crippen molar-refractivity contribution in [3.8, 4) is 0 Å². The molecule has 0 spiro atoms. The summed E-state index contributed by atoms with van der Waals surface area (Å²) in [5.74, 6) is 0. The van der Waals surface area contributed by atoms with E-state index in [9.17, 15) is 4.79 Å². The van der Waals surface area contributed by atoms with Crippen LogP contribution in [0.4, 0.5) is 16.2 Å². The molecule has 0 radical (unpaired) electrons. The highest BCUT2D eigenvalue weighted by atomic mass is 16.6. The van der Waals surface area contributed by atoms with Crippen molar-refractivity contribution in [2.24, 2.45) is 0 Å². The normalized spacial score (nSPS) is 19.0. The number of likely N-dealkylation sites (tertiary alicyclic amines) is 1. The second-order valence-electron chi connectivity index (χ2n) is 9.33. The van der Waals surface area contributed by atoms with Crippen LogP contribution in [-0.4, -0.2) is 52.6 Å². The van der Waals surface area contributed by atoms with Gasteiger partial charge in [-0.1, -0.05) is 0 Å². The van der Waals surface area contributed by atoms with Gasteiger partial charge in [-0.15, -0.1) is 0 Å². The zero-order valence-electron chi connectivity index (χ0n) is 17.9. The Hall–Kier alpha value is -2.44. The van der Waals surface area contributed by atoms with Gasteiger partial charge in [0.15, 0.2) is 0 Å².